The van der Waals surface area contributed by atoms with E-state index in [1.54, 1.807) is 20.2 Å². The van der Waals surface area contributed by atoms with E-state index in [0.29, 0.717) is 18.2 Å². The summed E-state index contributed by atoms with van der Waals surface area (Å²) in [6, 6.07) is 4.63. The summed E-state index contributed by atoms with van der Waals surface area (Å²) in [6.45, 7) is 5.97. The first kappa shape index (κ1) is 17.4. The van der Waals surface area contributed by atoms with E-state index in [-0.39, 0.29) is 24.8 Å². The van der Waals surface area contributed by atoms with Gasteiger partial charge >= 0.3 is 0 Å². The van der Waals surface area contributed by atoms with Crippen LogP contribution in [0.25, 0.3) is 0 Å². The molecule has 21 heavy (non-hydrogen) atoms. The molecule has 118 valence electrons. The summed E-state index contributed by atoms with van der Waals surface area (Å²) in [5.74, 6) is 0.673. The highest BCUT2D eigenvalue weighted by molar-refractivity contribution is 5.75. The third-order valence-corrected chi connectivity index (χ3v) is 2.90. The van der Waals surface area contributed by atoms with Crippen molar-refractivity contribution >= 4 is 5.91 Å². The Kier molecular flexibility index (Phi) is 7.15. The number of nitrogens with zero attached hydrogens (tertiary/aromatic N) is 1. The Morgan fingerprint density at radius 3 is 2.67 bits per heavy atom. The van der Waals surface area contributed by atoms with Crippen LogP contribution < -0.4 is 10.1 Å². The minimum atomic E-state index is -0.326. The van der Waals surface area contributed by atoms with Gasteiger partial charge in [-0.1, -0.05) is 13.8 Å². The number of nitrogens with one attached hydrogen (secondary N) is 1. The third-order valence-electron chi connectivity index (χ3n) is 2.90. The Morgan fingerprint density at radius 1 is 1.33 bits per heavy atom. The molecule has 0 heterocycles. The largest absolute Gasteiger partial charge is 0.493 e. The molecule has 0 fully saturated rings. The second-order valence-electron chi connectivity index (χ2n) is 5.71. The van der Waals surface area contributed by atoms with Crippen LogP contribution in [0.3, 0.4) is 0 Å². The van der Waals surface area contributed by atoms with Gasteiger partial charge in [-0.25, -0.2) is 4.39 Å². The molecule has 0 saturated heterocycles. The van der Waals surface area contributed by atoms with Crippen LogP contribution in [0.1, 0.15) is 25.8 Å². The average Bonchev–Trinajstić information content (AvgIpc) is 2.37. The highest BCUT2D eigenvalue weighted by Crippen LogP contribution is 2.17. The fraction of sp³-hybridized carbons (Fsp3) is 0.562. The van der Waals surface area contributed by atoms with E-state index >= 15 is 0 Å². The number of amides is 1. The predicted octanol–water partition coefficient (Wildman–Crippen LogP) is 2.43. The molecule has 0 atom stereocenters. The van der Waals surface area contributed by atoms with Crippen molar-refractivity contribution in [2.45, 2.75) is 26.8 Å². The molecule has 0 aromatic heterocycles. The van der Waals surface area contributed by atoms with Crippen LogP contribution in [0.2, 0.25) is 0 Å². The molecule has 1 amide bonds. The lowest BCUT2D eigenvalue weighted by Gasteiger charge is -2.12. The summed E-state index contributed by atoms with van der Waals surface area (Å²) in [5.41, 5.74) is 0.838. The van der Waals surface area contributed by atoms with Gasteiger partial charge in [-0.15, -0.1) is 0 Å². The number of rotatable bonds is 8. The fourth-order valence-electron chi connectivity index (χ4n) is 1.79. The van der Waals surface area contributed by atoms with Crippen LogP contribution in [0.4, 0.5) is 4.39 Å². The molecule has 0 spiro atoms. The SMILES string of the molecule is CC(C)CNCc1cc(F)cc(OCCC(=O)N(C)C)c1. The van der Waals surface area contributed by atoms with Crippen molar-refractivity contribution in [1.29, 1.82) is 0 Å². The van der Waals surface area contributed by atoms with Crippen LogP contribution in [0.15, 0.2) is 18.2 Å². The van der Waals surface area contributed by atoms with Gasteiger partial charge in [-0.2, -0.15) is 0 Å². The molecule has 1 N–H and O–H groups in total. The topological polar surface area (TPSA) is 41.6 Å². The number of hydrogen-bond acceptors (Lipinski definition) is 3. The zero-order valence-corrected chi connectivity index (χ0v) is 13.3. The first-order valence-corrected chi connectivity index (χ1v) is 7.21. The first-order chi connectivity index (χ1) is 9.88. The van der Waals surface area contributed by atoms with E-state index in [4.69, 9.17) is 4.74 Å². The molecule has 1 aromatic rings. The van der Waals surface area contributed by atoms with E-state index in [2.05, 4.69) is 19.2 Å². The van der Waals surface area contributed by atoms with Crippen molar-refractivity contribution in [3.8, 4) is 5.75 Å². The summed E-state index contributed by atoms with van der Waals surface area (Å²) in [4.78, 5) is 12.9. The van der Waals surface area contributed by atoms with Crippen LogP contribution in [-0.2, 0) is 11.3 Å². The number of ether oxygens (including phenoxy) is 1. The molecule has 0 aliphatic carbocycles. The van der Waals surface area contributed by atoms with Crippen molar-refractivity contribution in [1.82, 2.24) is 10.2 Å². The molecule has 0 aliphatic heterocycles. The van der Waals surface area contributed by atoms with Gasteiger partial charge in [0.05, 0.1) is 13.0 Å². The number of hydrogen-bond donors (Lipinski definition) is 1. The lowest BCUT2D eigenvalue weighted by Crippen LogP contribution is -2.23. The van der Waals surface area contributed by atoms with Crippen molar-refractivity contribution in [3.63, 3.8) is 0 Å². The second kappa shape index (κ2) is 8.62. The van der Waals surface area contributed by atoms with Crippen molar-refractivity contribution < 1.29 is 13.9 Å². The molecular weight excluding hydrogens is 271 g/mol. The van der Waals surface area contributed by atoms with E-state index in [1.165, 1.54) is 17.0 Å². The Hall–Kier alpha value is -1.62. The summed E-state index contributed by atoms with van der Waals surface area (Å²) in [5, 5.41) is 3.26. The van der Waals surface area contributed by atoms with Gasteiger partial charge in [0, 0.05) is 26.7 Å². The fourth-order valence-corrected chi connectivity index (χ4v) is 1.79. The molecule has 0 radical (unpaired) electrons. The van der Waals surface area contributed by atoms with Crippen molar-refractivity contribution in [3.05, 3.63) is 29.6 Å². The Labute approximate surface area is 126 Å². The van der Waals surface area contributed by atoms with E-state index in [9.17, 15) is 9.18 Å². The maximum absolute atomic E-state index is 13.5. The average molecular weight is 296 g/mol. The highest BCUT2D eigenvalue weighted by atomic mass is 19.1. The Bertz CT molecular complexity index is 462. The van der Waals surface area contributed by atoms with Gasteiger partial charge in [0.25, 0.3) is 0 Å². The smallest absolute Gasteiger partial charge is 0.225 e. The monoisotopic (exact) mass is 296 g/mol. The summed E-state index contributed by atoms with van der Waals surface area (Å²) < 4.78 is 19.0. The van der Waals surface area contributed by atoms with E-state index in [1.807, 2.05) is 0 Å². The second-order valence-corrected chi connectivity index (χ2v) is 5.71. The predicted molar refractivity (Wildman–Crippen MR) is 81.8 cm³/mol. The van der Waals surface area contributed by atoms with Gasteiger partial charge in [0.15, 0.2) is 0 Å². The summed E-state index contributed by atoms with van der Waals surface area (Å²) in [7, 11) is 3.39. The molecule has 0 saturated carbocycles. The van der Waals surface area contributed by atoms with Gasteiger partial charge in [-0.05, 0) is 30.2 Å². The molecule has 1 rings (SSSR count). The molecule has 1 aromatic carbocycles. The van der Waals surface area contributed by atoms with Gasteiger partial charge in [-0.3, -0.25) is 4.79 Å². The van der Waals surface area contributed by atoms with Crippen LogP contribution in [-0.4, -0.2) is 38.1 Å². The number of benzene rings is 1. The zero-order chi connectivity index (χ0) is 15.8. The molecule has 0 bridgehead atoms. The van der Waals surface area contributed by atoms with Crippen molar-refractivity contribution in [2.24, 2.45) is 5.92 Å². The third kappa shape index (κ3) is 7.09. The van der Waals surface area contributed by atoms with Gasteiger partial charge < -0.3 is 15.0 Å². The minimum Gasteiger partial charge on any atom is -0.493 e. The summed E-state index contributed by atoms with van der Waals surface area (Å²) >= 11 is 0. The minimum absolute atomic E-state index is 0.00905. The molecule has 0 aliphatic rings. The maximum atomic E-state index is 13.5. The quantitative estimate of drug-likeness (QED) is 0.801. The normalized spacial score (nSPS) is 10.8. The number of halogens is 1. The molecule has 0 unspecified atom stereocenters. The highest BCUT2D eigenvalue weighted by Gasteiger charge is 2.06. The molecule has 4 nitrogen and oxygen atoms in total. The van der Waals surface area contributed by atoms with Crippen LogP contribution >= 0.6 is 0 Å². The lowest BCUT2D eigenvalue weighted by atomic mass is 10.2. The standard InChI is InChI=1S/C16H25FN2O2/c1-12(2)10-18-11-13-7-14(17)9-15(8-13)21-6-5-16(20)19(3)4/h7-9,12,18H,5-6,10-11H2,1-4H3. The zero-order valence-electron chi connectivity index (χ0n) is 13.3. The van der Waals surface area contributed by atoms with Gasteiger partial charge in [0.2, 0.25) is 5.91 Å². The van der Waals surface area contributed by atoms with Gasteiger partial charge in [0.1, 0.15) is 11.6 Å². The van der Waals surface area contributed by atoms with Crippen molar-refractivity contribution in [2.75, 3.05) is 27.2 Å². The number of carbonyl (C=O) groups excluding carboxylic acids is 1. The van der Waals surface area contributed by atoms with E-state index < -0.39 is 0 Å². The molecular formula is C16H25FN2O2. The lowest BCUT2D eigenvalue weighted by molar-refractivity contribution is -0.129. The first-order valence-electron chi connectivity index (χ1n) is 7.21. The van der Waals surface area contributed by atoms with Crippen LogP contribution in [0.5, 0.6) is 5.75 Å². The maximum Gasteiger partial charge on any atom is 0.225 e. The number of carbonyl (C=O) groups is 1. The van der Waals surface area contributed by atoms with E-state index in [0.717, 1.165) is 12.1 Å². The summed E-state index contributed by atoms with van der Waals surface area (Å²) in [6.07, 6.45) is 0.282. The Morgan fingerprint density at radius 2 is 2.05 bits per heavy atom. The Balaban J connectivity index is 2.50. The molecule has 5 heteroatoms. The van der Waals surface area contributed by atoms with Crippen LogP contribution in [0, 0.1) is 11.7 Å².